The molecular formula is C12H27NO. The summed E-state index contributed by atoms with van der Waals surface area (Å²) in [6, 6.07) is 0.621. The van der Waals surface area contributed by atoms with Gasteiger partial charge in [0, 0.05) is 19.3 Å². The molecule has 0 spiro atoms. The highest BCUT2D eigenvalue weighted by Gasteiger charge is 2.13. The van der Waals surface area contributed by atoms with Gasteiger partial charge in [-0.05, 0) is 32.2 Å². The average Bonchev–Trinajstić information content (AvgIpc) is 2.18. The van der Waals surface area contributed by atoms with Crippen molar-refractivity contribution in [2.45, 2.75) is 53.0 Å². The molecular weight excluding hydrogens is 174 g/mol. The highest BCUT2D eigenvalue weighted by molar-refractivity contribution is 4.70. The maximum absolute atomic E-state index is 5.52. The minimum absolute atomic E-state index is 0.621. The van der Waals surface area contributed by atoms with Gasteiger partial charge in [-0.25, -0.2) is 0 Å². The van der Waals surface area contributed by atoms with Gasteiger partial charge in [0.05, 0.1) is 0 Å². The van der Waals surface area contributed by atoms with E-state index in [9.17, 15) is 0 Å². The number of nitrogens with one attached hydrogen (secondary N) is 1. The van der Waals surface area contributed by atoms with E-state index in [4.69, 9.17) is 4.74 Å². The van der Waals surface area contributed by atoms with Gasteiger partial charge >= 0.3 is 0 Å². The van der Waals surface area contributed by atoms with Crippen molar-refractivity contribution in [3.8, 4) is 0 Å². The van der Waals surface area contributed by atoms with Crippen LogP contribution in [0.2, 0.25) is 0 Å². The Morgan fingerprint density at radius 2 is 1.86 bits per heavy atom. The number of hydrogen-bond acceptors (Lipinski definition) is 2. The van der Waals surface area contributed by atoms with Crippen LogP contribution >= 0.6 is 0 Å². The smallest absolute Gasteiger partial charge is 0.0469 e. The molecule has 0 heterocycles. The molecule has 0 bridgehead atoms. The molecule has 2 nitrogen and oxygen atoms in total. The number of ether oxygens (including phenoxy) is 1. The molecule has 1 N–H and O–H groups in total. The lowest BCUT2D eigenvalue weighted by molar-refractivity contribution is 0.114. The van der Waals surface area contributed by atoms with Crippen molar-refractivity contribution in [2.24, 2.45) is 5.92 Å². The molecule has 0 fully saturated rings. The van der Waals surface area contributed by atoms with E-state index in [-0.39, 0.29) is 0 Å². The molecule has 0 aromatic heterocycles. The molecule has 2 unspecified atom stereocenters. The molecule has 0 saturated carbocycles. The zero-order valence-electron chi connectivity index (χ0n) is 10.3. The zero-order chi connectivity index (χ0) is 10.8. The summed E-state index contributed by atoms with van der Waals surface area (Å²) in [7, 11) is 0. The summed E-state index contributed by atoms with van der Waals surface area (Å²) in [5.41, 5.74) is 0. The van der Waals surface area contributed by atoms with Crippen molar-refractivity contribution < 1.29 is 4.74 Å². The number of hydrogen-bond donors (Lipinski definition) is 1. The zero-order valence-corrected chi connectivity index (χ0v) is 10.3. The van der Waals surface area contributed by atoms with E-state index in [1.165, 1.54) is 12.8 Å². The molecule has 0 radical (unpaired) electrons. The Kier molecular flexibility index (Phi) is 9.42. The van der Waals surface area contributed by atoms with Gasteiger partial charge in [-0.3, -0.25) is 0 Å². The van der Waals surface area contributed by atoms with Crippen LogP contribution in [0.25, 0.3) is 0 Å². The fourth-order valence-electron chi connectivity index (χ4n) is 1.78. The summed E-state index contributed by atoms with van der Waals surface area (Å²) in [5.74, 6) is 0.756. The predicted molar refractivity (Wildman–Crippen MR) is 62.6 cm³/mol. The van der Waals surface area contributed by atoms with Crippen molar-refractivity contribution >= 4 is 0 Å². The summed E-state index contributed by atoms with van der Waals surface area (Å²) < 4.78 is 5.52. The SMILES string of the molecule is CCCOCCC(CC)C(C)NCC. The van der Waals surface area contributed by atoms with E-state index in [0.29, 0.717) is 6.04 Å². The summed E-state index contributed by atoms with van der Waals surface area (Å²) in [6.07, 6.45) is 3.55. The topological polar surface area (TPSA) is 21.3 Å². The van der Waals surface area contributed by atoms with Crippen LogP contribution in [0.4, 0.5) is 0 Å². The molecule has 0 saturated heterocycles. The van der Waals surface area contributed by atoms with Crippen molar-refractivity contribution in [3.63, 3.8) is 0 Å². The molecule has 0 aliphatic carbocycles. The molecule has 14 heavy (non-hydrogen) atoms. The second-order valence-corrected chi connectivity index (χ2v) is 3.92. The minimum Gasteiger partial charge on any atom is -0.381 e. The Balaban J connectivity index is 3.56. The molecule has 2 heteroatoms. The first-order valence-electron chi connectivity index (χ1n) is 6.07. The largest absolute Gasteiger partial charge is 0.381 e. The monoisotopic (exact) mass is 201 g/mol. The standard InChI is InChI=1S/C12H27NO/c1-5-9-14-10-8-12(6-2)11(4)13-7-3/h11-13H,5-10H2,1-4H3. The summed E-state index contributed by atoms with van der Waals surface area (Å²) in [5, 5.41) is 3.48. The van der Waals surface area contributed by atoms with Gasteiger partial charge in [-0.2, -0.15) is 0 Å². The molecule has 0 amide bonds. The van der Waals surface area contributed by atoms with Crippen LogP contribution in [0.5, 0.6) is 0 Å². The molecule has 0 rings (SSSR count). The first kappa shape index (κ1) is 13.9. The maximum atomic E-state index is 5.52. The Labute approximate surface area is 89.4 Å². The van der Waals surface area contributed by atoms with Gasteiger partial charge in [0.1, 0.15) is 0 Å². The second kappa shape index (κ2) is 9.47. The predicted octanol–water partition coefficient (Wildman–Crippen LogP) is 2.83. The van der Waals surface area contributed by atoms with Gasteiger partial charge in [-0.1, -0.05) is 27.2 Å². The van der Waals surface area contributed by atoms with Gasteiger partial charge in [-0.15, -0.1) is 0 Å². The highest BCUT2D eigenvalue weighted by Crippen LogP contribution is 2.13. The third-order valence-electron chi connectivity index (χ3n) is 2.74. The Hall–Kier alpha value is -0.0800. The van der Waals surface area contributed by atoms with Gasteiger partial charge in [0.15, 0.2) is 0 Å². The Morgan fingerprint density at radius 3 is 2.36 bits per heavy atom. The third kappa shape index (κ3) is 6.39. The first-order chi connectivity index (χ1) is 6.76. The summed E-state index contributed by atoms with van der Waals surface area (Å²) in [6.45, 7) is 11.7. The second-order valence-electron chi connectivity index (χ2n) is 3.92. The van der Waals surface area contributed by atoms with Gasteiger partial charge in [0.2, 0.25) is 0 Å². The normalized spacial score (nSPS) is 15.4. The average molecular weight is 201 g/mol. The fourth-order valence-corrected chi connectivity index (χ4v) is 1.78. The molecule has 0 aromatic carbocycles. The van der Waals surface area contributed by atoms with Gasteiger partial charge < -0.3 is 10.1 Å². The highest BCUT2D eigenvalue weighted by atomic mass is 16.5. The van der Waals surface area contributed by atoms with Crippen LogP contribution in [0.1, 0.15) is 47.0 Å². The van der Waals surface area contributed by atoms with E-state index in [1.54, 1.807) is 0 Å². The van der Waals surface area contributed by atoms with Gasteiger partial charge in [0.25, 0.3) is 0 Å². The molecule has 0 aromatic rings. The molecule has 0 aliphatic rings. The van der Waals surface area contributed by atoms with E-state index < -0.39 is 0 Å². The van der Waals surface area contributed by atoms with Crippen LogP contribution in [-0.4, -0.2) is 25.8 Å². The van der Waals surface area contributed by atoms with Crippen LogP contribution in [0.3, 0.4) is 0 Å². The van der Waals surface area contributed by atoms with Crippen LogP contribution < -0.4 is 5.32 Å². The quantitative estimate of drug-likeness (QED) is 0.579. The van der Waals surface area contributed by atoms with E-state index in [0.717, 1.165) is 32.1 Å². The van der Waals surface area contributed by atoms with Crippen LogP contribution in [0, 0.1) is 5.92 Å². The Morgan fingerprint density at radius 1 is 1.14 bits per heavy atom. The molecule has 2 atom stereocenters. The lowest BCUT2D eigenvalue weighted by atomic mass is 9.95. The van der Waals surface area contributed by atoms with Crippen molar-refractivity contribution in [1.29, 1.82) is 0 Å². The minimum atomic E-state index is 0.621. The van der Waals surface area contributed by atoms with E-state index >= 15 is 0 Å². The van der Waals surface area contributed by atoms with Crippen molar-refractivity contribution in [1.82, 2.24) is 5.32 Å². The molecule has 0 aliphatic heterocycles. The lowest BCUT2D eigenvalue weighted by Crippen LogP contribution is -2.33. The fraction of sp³-hybridized carbons (Fsp3) is 1.00. The van der Waals surface area contributed by atoms with Crippen LogP contribution in [-0.2, 0) is 4.74 Å². The molecule has 86 valence electrons. The van der Waals surface area contributed by atoms with Crippen LogP contribution in [0.15, 0.2) is 0 Å². The lowest BCUT2D eigenvalue weighted by Gasteiger charge is -2.23. The van der Waals surface area contributed by atoms with E-state index in [2.05, 4.69) is 33.0 Å². The summed E-state index contributed by atoms with van der Waals surface area (Å²) in [4.78, 5) is 0. The third-order valence-corrected chi connectivity index (χ3v) is 2.74. The van der Waals surface area contributed by atoms with Crippen molar-refractivity contribution in [2.75, 3.05) is 19.8 Å². The first-order valence-corrected chi connectivity index (χ1v) is 6.07. The van der Waals surface area contributed by atoms with E-state index in [1.807, 2.05) is 0 Å². The number of rotatable bonds is 9. The Bertz CT molecular complexity index is 117. The van der Waals surface area contributed by atoms with Crippen molar-refractivity contribution in [3.05, 3.63) is 0 Å². The summed E-state index contributed by atoms with van der Waals surface area (Å²) >= 11 is 0. The maximum Gasteiger partial charge on any atom is 0.0469 e.